The Bertz CT molecular complexity index is 764. The molecule has 0 aromatic carbocycles. The Morgan fingerprint density at radius 3 is 2.87 bits per heavy atom. The molecule has 0 radical (unpaired) electrons. The normalized spacial score (nSPS) is 18.6. The van der Waals surface area contributed by atoms with E-state index < -0.39 is 0 Å². The number of thiazole rings is 1. The van der Waals surface area contributed by atoms with Crippen LogP contribution in [0.4, 0.5) is 0 Å². The Morgan fingerprint density at radius 1 is 1.22 bits per heavy atom. The van der Waals surface area contributed by atoms with Crippen molar-refractivity contribution >= 4 is 11.3 Å². The van der Waals surface area contributed by atoms with E-state index in [9.17, 15) is 0 Å². The third-order valence-corrected chi connectivity index (χ3v) is 5.03. The van der Waals surface area contributed by atoms with Crippen molar-refractivity contribution in [3.8, 4) is 11.5 Å². The number of aryl methyl sites for hydroxylation is 1. The van der Waals surface area contributed by atoms with Crippen molar-refractivity contribution in [3.05, 3.63) is 47.1 Å². The third kappa shape index (κ3) is 2.89. The summed E-state index contributed by atoms with van der Waals surface area (Å²) in [6.45, 7) is 2.05. The van der Waals surface area contributed by atoms with Crippen LogP contribution in [-0.2, 0) is 13.6 Å². The summed E-state index contributed by atoms with van der Waals surface area (Å²) in [5.74, 6) is 0.844. The van der Waals surface area contributed by atoms with Crippen molar-refractivity contribution in [2.45, 2.75) is 25.4 Å². The lowest BCUT2D eigenvalue weighted by Crippen LogP contribution is -2.23. The predicted molar refractivity (Wildman–Crippen MR) is 88.7 cm³/mol. The van der Waals surface area contributed by atoms with Crippen molar-refractivity contribution in [1.29, 1.82) is 0 Å². The molecule has 0 spiro atoms. The fourth-order valence-electron chi connectivity index (χ4n) is 3.11. The van der Waals surface area contributed by atoms with E-state index in [0.717, 1.165) is 36.7 Å². The van der Waals surface area contributed by atoms with Crippen LogP contribution in [0.2, 0.25) is 0 Å². The minimum Gasteiger partial charge on any atom is -0.333 e. The molecule has 7 heteroatoms. The first-order valence-corrected chi connectivity index (χ1v) is 8.60. The number of hydrogen-bond donors (Lipinski definition) is 0. The quantitative estimate of drug-likeness (QED) is 0.738. The van der Waals surface area contributed by atoms with Crippen molar-refractivity contribution in [1.82, 2.24) is 29.4 Å². The van der Waals surface area contributed by atoms with E-state index in [1.165, 1.54) is 11.3 Å². The van der Waals surface area contributed by atoms with Crippen LogP contribution in [0.3, 0.4) is 0 Å². The van der Waals surface area contributed by atoms with Crippen LogP contribution in [0.25, 0.3) is 11.5 Å². The summed E-state index contributed by atoms with van der Waals surface area (Å²) in [6, 6.07) is 0.347. The van der Waals surface area contributed by atoms with E-state index in [-0.39, 0.29) is 0 Å². The maximum absolute atomic E-state index is 4.67. The van der Waals surface area contributed by atoms with E-state index in [2.05, 4.69) is 24.8 Å². The van der Waals surface area contributed by atoms with Crippen molar-refractivity contribution in [2.75, 3.05) is 6.54 Å². The molecule has 4 heterocycles. The SMILES string of the molecule is Cn1ccnc1-c1cnc(C2CCCN2Cc2cncs2)cn1. The molecule has 0 aliphatic carbocycles. The van der Waals surface area contributed by atoms with Gasteiger partial charge in [0, 0.05) is 37.1 Å². The van der Waals surface area contributed by atoms with Crippen LogP contribution >= 0.6 is 11.3 Å². The van der Waals surface area contributed by atoms with E-state index in [1.54, 1.807) is 17.5 Å². The zero-order valence-electron chi connectivity index (χ0n) is 13.0. The topological polar surface area (TPSA) is 59.7 Å². The number of likely N-dealkylation sites (tertiary alicyclic amines) is 1. The molecule has 3 aromatic rings. The minimum atomic E-state index is 0.347. The molecule has 1 aliphatic rings. The third-order valence-electron chi connectivity index (χ3n) is 4.27. The molecule has 1 aliphatic heterocycles. The summed E-state index contributed by atoms with van der Waals surface area (Å²) in [5.41, 5.74) is 3.75. The van der Waals surface area contributed by atoms with Gasteiger partial charge in [0.25, 0.3) is 0 Å². The number of rotatable bonds is 4. The van der Waals surface area contributed by atoms with Crippen molar-refractivity contribution < 1.29 is 0 Å². The number of imidazole rings is 1. The molecule has 4 rings (SSSR count). The van der Waals surface area contributed by atoms with Gasteiger partial charge in [-0.15, -0.1) is 11.3 Å². The lowest BCUT2D eigenvalue weighted by Gasteiger charge is -2.23. The molecule has 23 heavy (non-hydrogen) atoms. The molecule has 1 atom stereocenters. The van der Waals surface area contributed by atoms with Crippen LogP contribution in [0.1, 0.15) is 29.5 Å². The van der Waals surface area contributed by atoms with Gasteiger partial charge in [0.15, 0.2) is 5.82 Å². The van der Waals surface area contributed by atoms with Crippen LogP contribution in [-0.4, -0.2) is 35.9 Å². The van der Waals surface area contributed by atoms with Gasteiger partial charge in [0.2, 0.25) is 0 Å². The van der Waals surface area contributed by atoms with Crippen LogP contribution in [0.15, 0.2) is 36.5 Å². The molecule has 1 fully saturated rings. The first-order valence-electron chi connectivity index (χ1n) is 7.72. The summed E-state index contributed by atoms with van der Waals surface area (Å²) in [5, 5.41) is 0. The Balaban J connectivity index is 1.54. The maximum Gasteiger partial charge on any atom is 0.159 e. The second kappa shape index (κ2) is 6.17. The average molecular weight is 326 g/mol. The Kier molecular flexibility index (Phi) is 3.88. The van der Waals surface area contributed by atoms with E-state index in [4.69, 9.17) is 0 Å². The highest BCUT2D eigenvalue weighted by Crippen LogP contribution is 2.32. The Labute approximate surface area is 138 Å². The van der Waals surface area contributed by atoms with Crippen LogP contribution < -0.4 is 0 Å². The smallest absolute Gasteiger partial charge is 0.159 e. The van der Waals surface area contributed by atoms with E-state index in [0.29, 0.717) is 6.04 Å². The highest BCUT2D eigenvalue weighted by molar-refractivity contribution is 7.09. The highest BCUT2D eigenvalue weighted by atomic mass is 32.1. The first kappa shape index (κ1) is 14.5. The summed E-state index contributed by atoms with van der Waals surface area (Å²) < 4.78 is 1.95. The largest absolute Gasteiger partial charge is 0.333 e. The van der Waals surface area contributed by atoms with Gasteiger partial charge in [-0.2, -0.15) is 0 Å². The molecule has 6 nitrogen and oxygen atoms in total. The van der Waals surface area contributed by atoms with Gasteiger partial charge in [-0.3, -0.25) is 14.9 Å². The van der Waals surface area contributed by atoms with Crippen molar-refractivity contribution in [3.63, 3.8) is 0 Å². The zero-order chi connectivity index (χ0) is 15.6. The molecule has 0 amide bonds. The predicted octanol–water partition coefficient (Wildman–Crippen LogP) is 2.67. The summed E-state index contributed by atoms with van der Waals surface area (Å²) in [4.78, 5) is 21.5. The van der Waals surface area contributed by atoms with Crippen LogP contribution in [0.5, 0.6) is 0 Å². The molecular weight excluding hydrogens is 308 g/mol. The summed E-state index contributed by atoms with van der Waals surface area (Å²) in [6.07, 6.45) is 11.7. The van der Waals surface area contributed by atoms with E-state index >= 15 is 0 Å². The van der Waals surface area contributed by atoms with Gasteiger partial charge in [-0.25, -0.2) is 9.97 Å². The lowest BCUT2D eigenvalue weighted by molar-refractivity contribution is 0.246. The highest BCUT2D eigenvalue weighted by Gasteiger charge is 2.27. The summed E-state index contributed by atoms with van der Waals surface area (Å²) >= 11 is 1.71. The van der Waals surface area contributed by atoms with Gasteiger partial charge >= 0.3 is 0 Å². The minimum absolute atomic E-state index is 0.347. The Morgan fingerprint density at radius 2 is 2.17 bits per heavy atom. The van der Waals surface area contributed by atoms with Gasteiger partial charge in [0.05, 0.1) is 29.6 Å². The standard InChI is InChI=1S/C16H18N6S/c1-21-6-4-18-16(21)14-9-19-13(8-20-14)15-3-2-5-22(15)10-12-7-17-11-23-12/h4,6-9,11,15H,2-3,5,10H2,1H3. The Hall–Kier alpha value is -2.12. The fraction of sp³-hybridized carbons (Fsp3) is 0.375. The maximum atomic E-state index is 4.67. The second-order valence-corrected chi connectivity index (χ2v) is 6.76. The molecule has 118 valence electrons. The molecule has 3 aromatic heterocycles. The van der Waals surface area contributed by atoms with Gasteiger partial charge < -0.3 is 4.57 Å². The van der Waals surface area contributed by atoms with E-state index in [1.807, 2.05) is 41.9 Å². The molecule has 1 unspecified atom stereocenters. The van der Waals surface area contributed by atoms with Crippen LogP contribution in [0, 0.1) is 0 Å². The number of aromatic nitrogens is 5. The molecule has 1 saturated heterocycles. The molecule has 0 bridgehead atoms. The lowest BCUT2D eigenvalue weighted by atomic mass is 10.1. The summed E-state index contributed by atoms with van der Waals surface area (Å²) in [7, 11) is 1.96. The number of hydrogen-bond acceptors (Lipinski definition) is 6. The van der Waals surface area contributed by atoms with Gasteiger partial charge in [0.1, 0.15) is 5.69 Å². The molecule has 0 saturated carbocycles. The zero-order valence-corrected chi connectivity index (χ0v) is 13.8. The fourth-order valence-corrected chi connectivity index (χ4v) is 3.73. The van der Waals surface area contributed by atoms with Crippen molar-refractivity contribution in [2.24, 2.45) is 7.05 Å². The number of nitrogens with zero attached hydrogens (tertiary/aromatic N) is 6. The monoisotopic (exact) mass is 326 g/mol. The molecule has 0 N–H and O–H groups in total. The van der Waals surface area contributed by atoms with Gasteiger partial charge in [-0.05, 0) is 19.4 Å². The van der Waals surface area contributed by atoms with Gasteiger partial charge in [-0.1, -0.05) is 0 Å². The second-order valence-electron chi connectivity index (χ2n) is 5.78. The first-order chi connectivity index (χ1) is 11.3. The average Bonchev–Trinajstić information content (AvgIpc) is 3.30. The molecular formula is C16H18N6S.